The van der Waals surface area contributed by atoms with Crippen molar-refractivity contribution in [3.63, 3.8) is 0 Å². The smallest absolute Gasteiger partial charge is 0.308 e. The van der Waals surface area contributed by atoms with Gasteiger partial charge in [0.15, 0.2) is 0 Å². The van der Waals surface area contributed by atoms with Gasteiger partial charge in [0.05, 0.1) is 12.0 Å². The van der Waals surface area contributed by atoms with Crippen LogP contribution in [0.5, 0.6) is 0 Å². The summed E-state index contributed by atoms with van der Waals surface area (Å²) in [6.07, 6.45) is 4.42. The van der Waals surface area contributed by atoms with Gasteiger partial charge in [-0.2, -0.15) is 0 Å². The van der Waals surface area contributed by atoms with Crippen molar-refractivity contribution in [3.8, 4) is 0 Å². The topological polar surface area (TPSA) is 74.7 Å². The van der Waals surface area contributed by atoms with Crippen LogP contribution in [0.25, 0.3) is 0 Å². The third-order valence-electron chi connectivity index (χ3n) is 3.72. The number of carboxylic acid groups (broad SMARTS) is 1. The first-order chi connectivity index (χ1) is 8.11. The van der Waals surface area contributed by atoms with Gasteiger partial charge in [0.25, 0.3) is 0 Å². The van der Waals surface area contributed by atoms with E-state index in [1.165, 1.54) is 4.90 Å². The van der Waals surface area contributed by atoms with Gasteiger partial charge >= 0.3 is 5.97 Å². The predicted molar refractivity (Wildman–Crippen MR) is 59.1 cm³/mol. The van der Waals surface area contributed by atoms with Crippen molar-refractivity contribution in [2.24, 2.45) is 5.92 Å². The molecular weight excluding hydrogens is 222 g/mol. The largest absolute Gasteiger partial charge is 0.481 e. The molecule has 1 heterocycles. The molecule has 0 aromatic rings. The van der Waals surface area contributed by atoms with Gasteiger partial charge in [-0.3, -0.25) is 19.3 Å². The van der Waals surface area contributed by atoms with Gasteiger partial charge < -0.3 is 5.11 Å². The number of hydrogen-bond acceptors (Lipinski definition) is 3. The molecule has 2 unspecified atom stereocenters. The Labute approximate surface area is 99.8 Å². The molecule has 1 aliphatic carbocycles. The van der Waals surface area contributed by atoms with E-state index in [4.69, 9.17) is 0 Å². The summed E-state index contributed by atoms with van der Waals surface area (Å²) in [4.78, 5) is 35.8. The van der Waals surface area contributed by atoms with Crippen LogP contribution in [0.2, 0.25) is 0 Å². The molecule has 17 heavy (non-hydrogen) atoms. The summed E-state index contributed by atoms with van der Waals surface area (Å²) < 4.78 is 0. The Morgan fingerprint density at radius 1 is 1.06 bits per heavy atom. The number of carbonyl (C=O) groups is 3. The number of carbonyl (C=O) groups excluding carboxylic acids is 2. The lowest BCUT2D eigenvalue weighted by atomic mass is 9.93. The van der Waals surface area contributed by atoms with Crippen molar-refractivity contribution in [1.29, 1.82) is 0 Å². The fourth-order valence-electron chi connectivity index (χ4n) is 2.85. The molecule has 0 radical (unpaired) electrons. The highest BCUT2D eigenvalue weighted by Gasteiger charge is 2.41. The third-order valence-corrected chi connectivity index (χ3v) is 3.72. The van der Waals surface area contributed by atoms with E-state index in [1.807, 2.05) is 0 Å². The minimum Gasteiger partial charge on any atom is -0.481 e. The fraction of sp³-hybridized carbons (Fsp3) is 0.750. The maximum Gasteiger partial charge on any atom is 0.308 e. The van der Waals surface area contributed by atoms with Crippen molar-refractivity contribution in [3.05, 3.63) is 0 Å². The van der Waals surface area contributed by atoms with E-state index in [0.717, 1.165) is 19.3 Å². The molecule has 2 rings (SSSR count). The first kappa shape index (κ1) is 12.1. The van der Waals surface area contributed by atoms with Crippen LogP contribution < -0.4 is 0 Å². The van der Waals surface area contributed by atoms with E-state index >= 15 is 0 Å². The lowest BCUT2D eigenvalue weighted by Gasteiger charge is -2.29. The number of rotatable bonds is 2. The minimum absolute atomic E-state index is 0.201. The van der Waals surface area contributed by atoms with E-state index in [1.54, 1.807) is 0 Å². The van der Waals surface area contributed by atoms with Crippen LogP contribution in [0.15, 0.2) is 0 Å². The average Bonchev–Trinajstić information content (AvgIpc) is 2.53. The lowest BCUT2D eigenvalue weighted by Crippen LogP contribution is -2.46. The van der Waals surface area contributed by atoms with E-state index in [0.29, 0.717) is 12.8 Å². The molecule has 2 atom stereocenters. The molecule has 1 saturated heterocycles. The predicted octanol–water partition coefficient (Wildman–Crippen LogP) is 1.17. The summed E-state index contributed by atoms with van der Waals surface area (Å²) in [6.45, 7) is 0. The molecule has 5 nitrogen and oxygen atoms in total. The molecule has 2 fully saturated rings. The zero-order chi connectivity index (χ0) is 12.4. The number of nitrogens with zero attached hydrogens (tertiary/aromatic N) is 1. The zero-order valence-corrected chi connectivity index (χ0v) is 9.72. The van der Waals surface area contributed by atoms with Crippen LogP contribution in [-0.2, 0) is 14.4 Å². The molecule has 0 aromatic heterocycles. The molecule has 0 spiro atoms. The number of carboxylic acids is 1. The molecular formula is C12H17NO4. The van der Waals surface area contributed by atoms with Gasteiger partial charge in [0, 0.05) is 12.8 Å². The summed E-state index contributed by atoms with van der Waals surface area (Å²) in [7, 11) is 0. The van der Waals surface area contributed by atoms with Crippen molar-refractivity contribution < 1.29 is 19.5 Å². The maximum atomic E-state index is 11.7. The highest BCUT2D eigenvalue weighted by molar-refractivity contribution is 6.02. The summed E-state index contributed by atoms with van der Waals surface area (Å²) >= 11 is 0. The number of amides is 2. The van der Waals surface area contributed by atoms with Crippen molar-refractivity contribution in [1.82, 2.24) is 4.90 Å². The quantitative estimate of drug-likeness (QED) is 0.579. The summed E-state index contributed by atoms with van der Waals surface area (Å²) in [5.41, 5.74) is 0. The van der Waals surface area contributed by atoms with E-state index in [2.05, 4.69) is 0 Å². The Morgan fingerprint density at radius 3 is 2.24 bits per heavy atom. The maximum absolute atomic E-state index is 11.7. The van der Waals surface area contributed by atoms with E-state index in [9.17, 15) is 19.5 Å². The molecule has 0 aromatic carbocycles. The first-order valence-corrected chi connectivity index (χ1v) is 6.19. The highest BCUT2D eigenvalue weighted by atomic mass is 16.4. The Morgan fingerprint density at radius 2 is 1.65 bits per heavy atom. The van der Waals surface area contributed by atoms with Gasteiger partial charge in [-0.25, -0.2) is 0 Å². The number of imide groups is 1. The second-order valence-corrected chi connectivity index (χ2v) is 4.81. The first-order valence-electron chi connectivity index (χ1n) is 6.19. The fourth-order valence-corrected chi connectivity index (χ4v) is 2.85. The van der Waals surface area contributed by atoms with Gasteiger partial charge in [-0.05, 0) is 12.8 Å². The molecule has 2 amide bonds. The summed E-state index contributed by atoms with van der Waals surface area (Å²) in [5.74, 6) is -1.87. The van der Waals surface area contributed by atoms with Gasteiger partial charge in [0.2, 0.25) is 11.8 Å². The van der Waals surface area contributed by atoms with Crippen molar-refractivity contribution in [2.45, 2.75) is 51.0 Å². The highest BCUT2D eigenvalue weighted by Crippen LogP contribution is 2.30. The summed E-state index contributed by atoms with van der Waals surface area (Å²) in [6, 6.07) is -0.419. The van der Waals surface area contributed by atoms with Gasteiger partial charge in [0.1, 0.15) is 0 Å². The molecule has 5 heteroatoms. The van der Waals surface area contributed by atoms with Crippen LogP contribution in [0.3, 0.4) is 0 Å². The summed E-state index contributed by atoms with van der Waals surface area (Å²) in [5, 5.41) is 9.22. The zero-order valence-electron chi connectivity index (χ0n) is 9.72. The molecule has 94 valence electrons. The molecule has 0 bridgehead atoms. The van der Waals surface area contributed by atoms with E-state index < -0.39 is 17.9 Å². The number of likely N-dealkylation sites (tertiary alicyclic amines) is 1. The Balaban J connectivity index is 2.22. The number of hydrogen-bond donors (Lipinski definition) is 1. The third kappa shape index (κ3) is 2.33. The van der Waals surface area contributed by atoms with Crippen LogP contribution in [0, 0.1) is 5.92 Å². The van der Waals surface area contributed by atoms with Crippen molar-refractivity contribution >= 4 is 17.8 Å². The van der Waals surface area contributed by atoms with Gasteiger partial charge in [-0.15, -0.1) is 0 Å². The standard InChI is InChI=1S/C12H17NO4/c14-10-6-7-11(15)13(10)9-5-3-1-2-4-8(9)12(16)17/h8-9H,1-7H2,(H,16,17). The minimum atomic E-state index is -0.885. The van der Waals surface area contributed by atoms with Gasteiger partial charge in [-0.1, -0.05) is 19.3 Å². The SMILES string of the molecule is O=C(O)C1CCCCCC1N1C(=O)CCC1=O. The van der Waals surface area contributed by atoms with Crippen molar-refractivity contribution in [2.75, 3.05) is 0 Å². The second kappa shape index (κ2) is 4.85. The second-order valence-electron chi connectivity index (χ2n) is 4.81. The Hall–Kier alpha value is -1.39. The normalized spacial score (nSPS) is 30.5. The van der Waals surface area contributed by atoms with Crippen LogP contribution >= 0.6 is 0 Å². The molecule has 1 saturated carbocycles. The van der Waals surface area contributed by atoms with Crippen LogP contribution in [-0.4, -0.2) is 33.8 Å². The molecule has 2 aliphatic rings. The Bertz CT molecular complexity index is 336. The Kier molecular flexibility index (Phi) is 3.45. The number of aliphatic carboxylic acids is 1. The van der Waals surface area contributed by atoms with Crippen LogP contribution in [0.4, 0.5) is 0 Å². The lowest BCUT2D eigenvalue weighted by molar-refractivity contribution is -0.149. The molecule has 1 aliphatic heterocycles. The average molecular weight is 239 g/mol. The molecule has 1 N–H and O–H groups in total. The monoisotopic (exact) mass is 239 g/mol. The van der Waals surface area contributed by atoms with E-state index in [-0.39, 0.29) is 24.7 Å². The van der Waals surface area contributed by atoms with Crippen LogP contribution in [0.1, 0.15) is 44.9 Å².